The van der Waals surface area contributed by atoms with Crippen molar-refractivity contribution in [2.75, 3.05) is 20.2 Å². The highest BCUT2D eigenvalue weighted by molar-refractivity contribution is 6.31. The van der Waals surface area contributed by atoms with E-state index in [2.05, 4.69) is 15.3 Å². The highest BCUT2D eigenvalue weighted by Crippen LogP contribution is 2.19. The molecule has 0 aromatic carbocycles. The summed E-state index contributed by atoms with van der Waals surface area (Å²) in [5.74, 6) is 0.362. The molecule has 2 aromatic heterocycles. The lowest BCUT2D eigenvalue weighted by Gasteiger charge is -2.25. The number of hydrogen-bond donors (Lipinski definition) is 1. The van der Waals surface area contributed by atoms with Gasteiger partial charge in [0.1, 0.15) is 11.6 Å². The van der Waals surface area contributed by atoms with Gasteiger partial charge in [-0.25, -0.2) is 9.78 Å². The van der Waals surface area contributed by atoms with E-state index in [0.29, 0.717) is 17.4 Å². The van der Waals surface area contributed by atoms with Gasteiger partial charge < -0.3 is 15.0 Å². The number of urea groups is 1. The highest BCUT2D eigenvalue weighted by atomic mass is 35.5. The molecule has 2 heterocycles. The molecular formula is C16H19ClN4O2. The van der Waals surface area contributed by atoms with Gasteiger partial charge in [0.15, 0.2) is 0 Å². The van der Waals surface area contributed by atoms with E-state index in [9.17, 15) is 4.79 Å². The number of hydrogen-bond acceptors (Lipinski definition) is 4. The molecule has 0 radical (unpaired) electrons. The molecule has 2 amide bonds. The number of pyridine rings is 2. The predicted molar refractivity (Wildman–Crippen MR) is 88.6 cm³/mol. The van der Waals surface area contributed by atoms with Crippen LogP contribution < -0.4 is 10.1 Å². The fraction of sp³-hybridized carbons (Fsp3) is 0.312. The second kappa shape index (κ2) is 8.33. The molecule has 0 fully saturated rings. The van der Waals surface area contributed by atoms with Crippen molar-refractivity contribution >= 4 is 17.6 Å². The van der Waals surface area contributed by atoms with Gasteiger partial charge in [0.25, 0.3) is 0 Å². The molecule has 0 spiro atoms. The van der Waals surface area contributed by atoms with Gasteiger partial charge in [0.2, 0.25) is 5.88 Å². The first-order valence-corrected chi connectivity index (χ1v) is 7.61. The predicted octanol–water partition coefficient (Wildman–Crippen LogP) is 2.91. The summed E-state index contributed by atoms with van der Waals surface area (Å²) in [5.41, 5.74) is 0.974. The summed E-state index contributed by atoms with van der Waals surface area (Å²) in [4.78, 5) is 21.8. The molecule has 7 heteroatoms. The fourth-order valence-electron chi connectivity index (χ4n) is 1.93. The van der Waals surface area contributed by atoms with E-state index in [0.717, 1.165) is 5.56 Å². The van der Waals surface area contributed by atoms with Crippen molar-refractivity contribution in [1.82, 2.24) is 20.2 Å². The third kappa shape index (κ3) is 4.82. The topological polar surface area (TPSA) is 67.4 Å². The van der Waals surface area contributed by atoms with Gasteiger partial charge in [-0.1, -0.05) is 17.7 Å². The zero-order valence-corrected chi connectivity index (χ0v) is 13.8. The Morgan fingerprint density at radius 1 is 1.39 bits per heavy atom. The Kier molecular flexibility index (Phi) is 6.17. The van der Waals surface area contributed by atoms with Gasteiger partial charge in [0, 0.05) is 25.6 Å². The average Bonchev–Trinajstić information content (AvgIpc) is 2.59. The van der Waals surface area contributed by atoms with E-state index in [-0.39, 0.29) is 18.7 Å². The summed E-state index contributed by atoms with van der Waals surface area (Å²) >= 11 is 5.94. The lowest BCUT2D eigenvalue weighted by molar-refractivity contribution is 0.191. The minimum atomic E-state index is -0.183. The summed E-state index contributed by atoms with van der Waals surface area (Å²) < 4.78 is 5.43. The summed E-state index contributed by atoms with van der Waals surface area (Å²) in [7, 11) is 1.74. The van der Waals surface area contributed by atoms with Crippen LogP contribution >= 0.6 is 11.6 Å². The first-order chi connectivity index (χ1) is 11.1. The zero-order valence-electron chi connectivity index (χ0n) is 13.1. The maximum atomic E-state index is 12.1. The number of halogens is 1. The first-order valence-electron chi connectivity index (χ1n) is 7.23. The number of nitrogens with one attached hydrogen (secondary N) is 1. The molecule has 1 atom stereocenters. The summed E-state index contributed by atoms with van der Waals surface area (Å²) in [6, 6.07) is 6.96. The van der Waals surface area contributed by atoms with Crippen LogP contribution in [0.25, 0.3) is 0 Å². The summed E-state index contributed by atoms with van der Waals surface area (Å²) in [5, 5.41) is 3.24. The van der Waals surface area contributed by atoms with Crippen molar-refractivity contribution in [1.29, 1.82) is 0 Å². The van der Waals surface area contributed by atoms with E-state index < -0.39 is 0 Å². The molecule has 6 nitrogen and oxygen atoms in total. The molecule has 0 aliphatic heterocycles. The molecule has 0 saturated heterocycles. The maximum Gasteiger partial charge on any atom is 0.317 e. The molecule has 0 aliphatic carbocycles. The molecule has 122 valence electrons. The lowest BCUT2D eigenvalue weighted by atomic mass is 10.1. The number of amides is 2. The van der Waals surface area contributed by atoms with Gasteiger partial charge in [-0.3, -0.25) is 4.98 Å². The number of aromatic nitrogens is 2. The van der Waals surface area contributed by atoms with E-state index in [1.807, 2.05) is 19.1 Å². The van der Waals surface area contributed by atoms with E-state index in [1.165, 1.54) is 0 Å². The molecule has 0 unspecified atom stereocenters. The quantitative estimate of drug-likeness (QED) is 0.825. The Bertz CT molecular complexity index is 639. The van der Waals surface area contributed by atoms with Crippen molar-refractivity contribution in [3.05, 3.63) is 53.4 Å². The van der Waals surface area contributed by atoms with Crippen molar-refractivity contribution in [2.45, 2.75) is 13.0 Å². The molecule has 0 bridgehead atoms. The van der Waals surface area contributed by atoms with Crippen LogP contribution in [0.2, 0.25) is 5.02 Å². The van der Waals surface area contributed by atoms with Gasteiger partial charge >= 0.3 is 6.03 Å². The smallest absolute Gasteiger partial charge is 0.317 e. The van der Waals surface area contributed by atoms with E-state index in [4.69, 9.17) is 16.3 Å². The average molecular weight is 335 g/mol. The molecule has 0 aliphatic rings. The highest BCUT2D eigenvalue weighted by Gasteiger charge is 2.16. The van der Waals surface area contributed by atoms with Crippen LogP contribution in [0.1, 0.15) is 18.5 Å². The van der Waals surface area contributed by atoms with Crippen LogP contribution in [0.4, 0.5) is 4.79 Å². The third-order valence-corrected chi connectivity index (χ3v) is 3.70. The normalized spacial score (nSPS) is 11.6. The molecule has 23 heavy (non-hydrogen) atoms. The second-order valence-electron chi connectivity index (χ2n) is 4.94. The number of rotatable bonds is 6. The van der Waals surface area contributed by atoms with Crippen LogP contribution in [0, 0.1) is 0 Å². The van der Waals surface area contributed by atoms with E-state index in [1.54, 1.807) is 42.7 Å². The first kappa shape index (κ1) is 17.0. The minimum Gasteiger partial charge on any atom is -0.475 e. The Hall–Kier alpha value is -2.34. The van der Waals surface area contributed by atoms with Gasteiger partial charge in [0.05, 0.1) is 12.6 Å². The van der Waals surface area contributed by atoms with Crippen molar-refractivity contribution in [3.8, 4) is 5.88 Å². The molecule has 1 N–H and O–H groups in total. The van der Waals surface area contributed by atoms with Crippen molar-refractivity contribution in [3.63, 3.8) is 0 Å². The van der Waals surface area contributed by atoms with Crippen LogP contribution in [-0.2, 0) is 0 Å². The van der Waals surface area contributed by atoms with Crippen LogP contribution in [0.5, 0.6) is 5.88 Å². The Balaban J connectivity index is 1.77. The zero-order chi connectivity index (χ0) is 16.7. The Morgan fingerprint density at radius 3 is 2.87 bits per heavy atom. The largest absolute Gasteiger partial charge is 0.475 e. The molecule has 0 saturated carbocycles. The number of carbonyl (C=O) groups is 1. The molecule has 2 aromatic rings. The third-order valence-electron chi connectivity index (χ3n) is 3.41. The Morgan fingerprint density at radius 2 is 2.17 bits per heavy atom. The summed E-state index contributed by atoms with van der Waals surface area (Å²) in [6.07, 6.45) is 5.06. The van der Waals surface area contributed by atoms with E-state index >= 15 is 0 Å². The van der Waals surface area contributed by atoms with Crippen LogP contribution in [-0.4, -0.2) is 41.1 Å². The SMILES string of the molecule is C[C@H](c1cccnc1)N(C)C(=O)NCCOc1ncccc1Cl. The number of carbonyl (C=O) groups excluding carboxylic acids is 1. The fourth-order valence-corrected chi connectivity index (χ4v) is 2.11. The Labute approximate surface area is 140 Å². The number of ether oxygens (including phenoxy) is 1. The minimum absolute atomic E-state index is 0.0742. The van der Waals surface area contributed by atoms with Gasteiger partial charge in [-0.05, 0) is 30.7 Å². The lowest BCUT2D eigenvalue weighted by Crippen LogP contribution is -2.40. The monoisotopic (exact) mass is 334 g/mol. The van der Waals surface area contributed by atoms with Crippen LogP contribution in [0.3, 0.4) is 0 Å². The van der Waals surface area contributed by atoms with Gasteiger partial charge in [-0.15, -0.1) is 0 Å². The molecular weight excluding hydrogens is 316 g/mol. The second-order valence-corrected chi connectivity index (χ2v) is 5.35. The summed E-state index contributed by atoms with van der Waals surface area (Å²) in [6.45, 7) is 2.59. The molecule has 2 rings (SSSR count). The van der Waals surface area contributed by atoms with Gasteiger partial charge in [-0.2, -0.15) is 0 Å². The maximum absolute atomic E-state index is 12.1. The van der Waals surface area contributed by atoms with Crippen molar-refractivity contribution in [2.24, 2.45) is 0 Å². The standard InChI is InChI=1S/C16H19ClN4O2/c1-12(13-5-3-7-18-11-13)21(2)16(22)20-9-10-23-15-14(17)6-4-8-19-15/h3-8,11-12H,9-10H2,1-2H3,(H,20,22)/t12-/m1/s1. The van der Waals surface area contributed by atoms with Crippen molar-refractivity contribution < 1.29 is 9.53 Å². The number of nitrogens with zero attached hydrogens (tertiary/aromatic N) is 3. The van der Waals surface area contributed by atoms with Crippen LogP contribution in [0.15, 0.2) is 42.9 Å².